The minimum Gasteiger partial charge on any atom is -0.477 e. The van der Waals surface area contributed by atoms with Gasteiger partial charge in [0.15, 0.2) is 6.10 Å². The van der Waals surface area contributed by atoms with Crippen LogP contribution in [-0.4, -0.2) is 44.7 Å². The molecule has 0 spiro atoms. The molecule has 1 unspecified atom stereocenters. The van der Waals surface area contributed by atoms with Crippen molar-refractivity contribution in [3.05, 3.63) is 23.8 Å². The van der Waals surface area contributed by atoms with Crippen LogP contribution in [0, 0.1) is 6.92 Å². The molecule has 114 valence electrons. The Bertz CT molecular complexity index is 544. The van der Waals surface area contributed by atoms with Crippen LogP contribution in [0.3, 0.4) is 0 Å². The van der Waals surface area contributed by atoms with Gasteiger partial charge in [-0.2, -0.15) is 0 Å². The molecule has 1 heterocycles. The molecule has 0 fully saturated rings. The summed E-state index contributed by atoms with van der Waals surface area (Å²) in [5, 5.41) is 2.57. The normalized spacial score (nSPS) is 16.7. The number of esters is 1. The molecule has 0 bridgehead atoms. The largest absolute Gasteiger partial charge is 0.477 e. The third-order valence-electron chi connectivity index (χ3n) is 3.34. The first-order valence-electron chi connectivity index (χ1n) is 6.95. The van der Waals surface area contributed by atoms with Gasteiger partial charge in [-0.1, -0.05) is 12.1 Å². The second-order valence-electron chi connectivity index (χ2n) is 4.83. The lowest BCUT2D eigenvalue weighted by atomic mass is 10.1. The summed E-state index contributed by atoms with van der Waals surface area (Å²) in [5.74, 6) is 0.0828. The number of benzene rings is 1. The van der Waals surface area contributed by atoms with Crippen LogP contribution in [0.2, 0.25) is 0 Å². The number of carbonyl (C=O) groups excluding carboxylic acids is 2. The SMILES string of the molecule is CCOC(=O)CN1CC(C(=O)NC)Oc2cccc(C)c21. The smallest absolute Gasteiger partial charge is 0.325 e. The highest BCUT2D eigenvalue weighted by molar-refractivity contribution is 5.85. The number of carbonyl (C=O) groups is 2. The summed E-state index contributed by atoms with van der Waals surface area (Å²) in [5.41, 5.74) is 1.83. The van der Waals surface area contributed by atoms with Crippen LogP contribution < -0.4 is 15.0 Å². The van der Waals surface area contributed by atoms with Crippen LogP contribution in [0.5, 0.6) is 5.75 Å². The van der Waals surface area contributed by atoms with Gasteiger partial charge >= 0.3 is 5.97 Å². The zero-order chi connectivity index (χ0) is 15.4. The number of aryl methyl sites for hydroxylation is 1. The quantitative estimate of drug-likeness (QED) is 0.834. The van der Waals surface area contributed by atoms with E-state index in [0.29, 0.717) is 18.9 Å². The monoisotopic (exact) mass is 292 g/mol. The zero-order valence-corrected chi connectivity index (χ0v) is 12.5. The molecule has 0 radical (unpaired) electrons. The van der Waals surface area contributed by atoms with E-state index < -0.39 is 6.10 Å². The Hall–Kier alpha value is -2.24. The van der Waals surface area contributed by atoms with E-state index in [0.717, 1.165) is 11.3 Å². The van der Waals surface area contributed by atoms with Crippen LogP contribution in [0.25, 0.3) is 0 Å². The molecular weight excluding hydrogens is 272 g/mol. The van der Waals surface area contributed by atoms with Gasteiger partial charge in [-0.15, -0.1) is 0 Å². The molecule has 0 saturated carbocycles. The third-order valence-corrected chi connectivity index (χ3v) is 3.34. The second-order valence-corrected chi connectivity index (χ2v) is 4.83. The van der Waals surface area contributed by atoms with Gasteiger partial charge < -0.3 is 19.7 Å². The van der Waals surface area contributed by atoms with Gasteiger partial charge in [0.1, 0.15) is 12.3 Å². The Kier molecular flexibility index (Phi) is 4.67. The van der Waals surface area contributed by atoms with Crippen molar-refractivity contribution in [2.75, 3.05) is 31.6 Å². The predicted octanol–water partition coefficient (Wildman–Crippen LogP) is 0.872. The molecule has 0 aromatic heterocycles. The van der Waals surface area contributed by atoms with E-state index in [1.807, 2.05) is 24.0 Å². The number of rotatable bonds is 4. The van der Waals surface area contributed by atoms with Gasteiger partial charge in [-0.05, 0) is 25.5 Å². The summed E-state index contributed by atoms with van der Waals surface area (Å²) in [7, 11) is 1.56. The van der Waals surface area contributed by atoms with Gasteiger partial charge in [0.25, 0.3) is 5.91 Å². The minimum absolute atomic E-state index is 0.0997. The van der Waals surface area contributed by atoms with E-state index in [2.05, 4.69) is 5.32 Å². The summed E-state index contributed by atoms with van der Waals surface area (Å²) in [6.07, 6.45) is -0.640. The molecule has 6 nitrogen and oxygen atoms in total. The number of nitrogens with zero attached hydrogens (tertiary/aromatic N) is 1. The third kappa shape index (κ3) is 3.26. The van der Waals surface area contributed by atoms with Crippen molar-refractivity contribution in [1.82, 2.24) is 5.32 Å². The number of likely N-dealkylation sites (N-methyl/N-ethyl adjacent to an activating group) is 1. The lowest BCUT2D eigenvalue weighted by Crippen LogP contribution is -2.49. The Balaban J connectivity index is 2.29. The Morgan fingerprint density at radius 3 is 2.90 bits per heavy atom. The second kappa shape index (κ2) is 6.47. The summed E-state index contributed by atoms with van der Waals surface area (Å²) in [6.45, 7) is 4.46. The average molecular weight is 292 g/mol. The highest BCUT2D eigenvalue weighted by Crippen LogP contribution is 2.36. The standard InChI is InChI=1S/C15H20N2O4/c1-4-20-13(18)9-17-8-12(15(19)16-3)21-11-7-5-6-10(2)14(11)17/h5-7,12H,4,8-9H2,1-3H3,(H,16,19). The molecular formula is C15H20N2O4. The summed E-state index contributed by atoms with van der Waals surface area (Å²) in [4.78, 5) is 25.5. The van der Waals surface area contributed by atoms with Crippen molar-refractivity contribution in [2.45, 2.75) is 20.0 Å². The summed E-state index contributed by atoms with van der Waals surface area (Å²) in [6, 6.07) is 5.61. The molecule has 1 amide bonds. The van der Waals surface area contributed by atoms with Crippen LogP contribution in [0.4, 0.5) is 5.69 Å². The van der Waals surface area contributed by atoms with E-state index in [-0.39, 0.29) is 18.4 Å². The van der Waals surface area contributed by atoms with E-state index in [4.69, 9.17) is 9.47 Å². The zero-order valence-electron chi connectivity index (χ0n) is 12.5. The highest BCUT2D eigenvalue weighted by atomic mass is 16.5. The first-order valence-corrected chi connectivity index (χ1v) is 6.95. The van der Waals surface area contributed by atoms with Crippen molar-refractivity contribution in [3.8, 4) is 5.75 Å². The summed E-state index contributed by atoms with van der Waals surface area (Å²) >= 11 is 0. The number of fused-ring (bicyclic) bond motifs is 1. The van der Waals surface area contributed by atoms with E-state index in [1.54, 1.807) is 20.0 Å². The molecule has 1 N–H and O–H groups in total. The fourth-order valence-electron chi connectivity index (χ4n) is 2.42. The molecule has 1 atom stereocenters. The van der Waals surface area contributed by atoms with Crippen molar-refractivity contribution < 1.29 is 19.1 Å². The first-order chi connectivity index (χ1) is 10.1. The minimum atomic E-state index is -0.640. The fraction of sp³-hybridized carbons (Fsp3) is 0.467. The number of anilines is 1. The van der Waals surface area contributed by atoms with Crippen LogP contribution in [0.15, 0.2) is 18.2 Å². The fourth-order valence-corrected chi connectivity index (χ4v) is 2.42. The van der Waals surface area contributed by atoms with E-state index in [1.165, 1.54) is 0 Å². The molecule has 0 aliphatic carbocycles. The van der Waals surface area contributed by atoms with Crippen LogP contribution in [-0.2, 0) is 14.3 Å². The van der Waals surface area contributed by atoms with Gasteiger partial charge in [-0.3, -0.25) is 9.59 Å². The molecule has 1 aromatic carbocycles. The topological polar surface area (TPSA) is 67.9 Å². The summed E-state index contributed by atoms with van der Waals surface area (Å²) < 4.78 is 10.7. The van der Waals surface area contributed by atoms with E-state index in [9.17, 15) is 9.59 Å². The number of hydrogen-bond donors (Lipinski definition) is 1. The number of amides is 1. The Morgan fingerprint density at radius 2 is 2.24 bits per heavy atom. The van der Waals surface area contributed by atoms with Crippen molar-refractivity contribution >= 4 is 17.6 Å². The number of hydrogen-bond acceptors (Lipinski definition) is 5. The lowest BCUT2D eigenvalue weighted by Gasteiger charge is -2.35. The molecule has 2 rings (SSSR count). The predicted molar refractivity (Wildman–Crippen MR) is 78.5 cm³/mol. The van der Waals surface area contributed by atoms with Gasteiger partial charge in [0, 0.05) is 7.05 Å². The maximum absolute atomic E-state index is 11.8. The lowest BCUT2D eigenvalue weighted by molar-refractivity contribution is -0.141. The Labute approximate surface area is 124 Å². The van der Waals surface area contributed by atoms with Crippen LogP contribution in [0.1, 0.15) is 12.5 Å². The molecule has 1 aliphatic heterocycles. The van der Waals surface area contributed by atoms with Gasteiger partial charge in [0.05, 0.1) is 18.8 Å². The molecule has 1 aromatic rings. The number of para-hydroxylation sites is 1. The van der Waals surface area contributed by atoms with Gasteiger partial charge in [0.2, 0.25) is 0 Å². The Morgan fingerprint density at radius 1 is 1.48 bits per heavy atom. The van der Waals surface area contributed by atoms with Crippen molar-refractivity contribution in [1.29, 1.82) is 0 Å². The molecule has 6 heteroatoms. The maximum Gasteiger partial charge on any atom is 0.325 e. The number of ether oxygens (including phenoxy) is 2. The molecule has 1 aliphatic rings. The maximum atomic E-state index is 11.8. The van der Waals surface area contributed by atoms with Crippen LogP contribution >= 0.6 is 0 Å². The highest BCUT2D eigenvalue weighted by Gasteiger charge is 2.32. The van der Waals surface area contributed by atoms with Crippen molar-refractivity contribution in [2.24, 2.45) is 0 Å². The van der Waals surface area contributed by atoms with Crippen molar-refractivity contribution in [3.63, 3.8) is 0 Å². The van der Waals surface area contributed by atoms with Gasteiger partial charge in [-0.25, -0.2) is 0 Å². The average Bonchev–Trinajstić information content (AvgIpc) is 2.46. The molecule has 21 heavy (non-hydrogen) atoms. The first kappa shape index (κ1) is 15.2. The number of nitrogens with one attached hydrogen (secondary N) is 1. The van der Waals surface area contributed by atoms with E-state index >= 15 is 0 Å². The molecule has 0 saturated heterocycles.